The zero-order chi connectivity index (χ0) is 19.3. The molecular formula is C21H24N2O4. The summed E-state index contributed by atoms with van der Waals surface area (Å²) < 4.78 is 5.32. The van der Waals surface area contributed by atoms with Crippen LogP contribution in [0, 0.1) is 19.8 Å². The van der Waals surface area contributed by atoms with Gasteiger partial charge in [-0.1, -0.05) is 19.8 Å². The highest BCUT2D eigenvalue weighted by Crippen LogP contribution is 2.38. The summed E-state index contributed by atoms with van der Waals surface area (Å²) in [4.78, 5) is 39.1. The van der Waals surface area contributed by atoms with Crippen molar-refractivity contribution in [3.8, 4) is 0 Å². The molecule has 27 heavy (non-hydrogen) atoms. The highest BCUT2D eigenvalue weighted by molar-refractivity contribution is 6.07. The first-order valence-corrected chi connectivity index (χ1v) is 9.50. The van der Waals surface area contributed by atoms with E-state index in [0.717, 1.165) is 35.8 Å². The number of benzene rings is 1. The molecule has 0 radical (unpaired) electrons. The van der Waals surface area contributed by atoms with Gasteiger partial charge < -0.3 is 9.73 Å². The maximum absolute atomic E-state index is 13.2. The molecule has 2 heterocycles. The Bertz CT molecular complexity index is 1010. The standard InChI is InChI=1S/C21H24N2O4/c1-12-8-16-15(10-18(24)27-17(16)9-13(12)2)11-23-19(25)21(22-20(23)26)7-5-4-6-14(21)3/h8-10,14H,4-7,11H2,1-3H3,(H,22,26). The molecule has 2 unspecified atom stereocenters. The topological polar surface area (TPSA) is 79.6 Å². The van der Waals surface area contributed by atoms with Crippen LogP contribution in [-0.4, -0.2) is 22.4 Å². The molecule has 2 aliphatic rings. The van der Waals surface area contributed by atoms with Crippen molar-refractivity contribution in [3.63, 3.8) is 0 Å². The van der Waals surface area contributed by atoms with Crippen LogP contribution in [0.3, 0.4) is 0 Å². The second kappa shape index (κ2) is 6.22. The summed E-state index contributed by atoms with van der Waals surface area (Å²) in [5.41, 5.74) is 1.92. The van der Waals surface area contributed by atoms with Crippen LogP contribution in [0.25, 0.3) is 11.0 Å². The number of imide groups is 1. The average Bonchev–Trinajstić information content (AvgIpc) is 2.84. The number of hydrogen-bond acceptors (Lipinski definition) is 4. The summed E-state index contributed by atoms with van der Waals surface area (Å²) in [6.07, 6.45) is 3.61. The Labute approximate surface area is 157 Å². The van der Waals surface area contributed by atoms with E-state index in [1.807, 2.05) is 32.9 Å². The van der Waals surface area contributed by atoms with Crippen molar-refractivity contribution in [2.24, 2.45) is 5.92 Å². The van der Waals surface area contributed by atoms with Crippen molar-refractivity contribution in [2.75, 3.05) is 0 Å². The highest BCUT2D eigenvalue weighted by atomic mass is 16.4. The summed E-state index contributed by atoms with van der Waals surface area (Å²) in [6.45, 7) is 6.03. The Balaban J connectivity index is 1.74. The first kappa shape index (κ1) is 17.8. The van der Waals surface area contributed by atoms with Crippen molar-refractivity contribution in [1.29, 1.82) is 0 Å². The molecule has 1 aliphatic carbocycles. The van der Waals surface area contributed by atoms with Crippen molar-refractivity contribution < 1.29 is 14.0 Å². The molecule has 1 N–H and O–H groups in total. The largest absolute Gasteiger partial charge is 0.423 e. The number of rotatable bonds is 2. The maximum atomic E-state index is 13.2. The molecule has 1 aromatic heterocycles. The maximum Gasteiger partial charge on any atom is 0.336 e. The van der Waals surface area contributed by atoms with Gasteiger partial charge in [-0.3, -0.25) is 9.69 Å². The van der Waals surface area contributed by atoms with Crippen LogP contribution < -0.4 is 10.9 Å². The molecule has 142 valence electrons. The number of hydrogen-bond donors (Lipinski definition) is 1. The molecule has 0 bridgehead atoms. The zero-order valence-corrected chi connectivity index (χ0v) is 15.9. The Morgan fingerprint density at radius 3 is 2.63 bits per heavy atom. The van der Waals surface area contributed by atoms with Gasteiger partial charge in [-0.2, -0.15) is 0 Å². The van der Waals surface area contributed by atoms with E-state index in [-0.39, 0.29) is 24.4 Å². The van der Waals surface area contributed by atoms with Crippen LogP contribution in [0.15, 0.2) is 27.4 Å². The van der Waals surface area contributed by atoms with E-state index in [1.165, 1.54) is 11.0 Å². The van der Waals surface area contributed by atoms with Gasteiger partial charge in [-0.25, -0.2) is 9.59 Å². The minimum absolute atomic E-state index is 0.0732. The summed E-state index contributed by atoms with van der Waals surface area (Å²) in [6, 6.07) is 4.78. The van der Waals surface area contributed by atoms with E-state index in [0.29, 0.717) is 17.6 Å². The lowest BCUT2D eigenvalue weighted by Crippen LogP contribution is -2.53. The molecule has 2 atom stereocenters. The van der Waals surface area contributed by atoms with E-state index < -0.39 is 11.2 Å². The summed E-state index contributed by atoms with van der Waals surface area (Å²) in [5.74, 6) is -0.0693. The fourth-order valence-electron chi connectivity index (χ4n) is 4.42. The van der Waals surface area contributed by atoms with Gasteiger partial charge in [0.05, 0.1) is 6.54 Å². The quantitative estimate of drug-likeness (QED) is 0.651. The number of urea groups is 1. The van der Waals surface area contributed by atoms with Crippen LogP contribution in [-0.2, 0) is 11.3 Å². The summed E-state index contributed by atoms with van der Waals surface area (Å²) in [7, 11) is 0. The van der Waals surface area contributed by atoms with Gasteiger partial charge in [0.2, 0.25) is 0 Å². The first-order chi connectivity index (χ1) is 12.8. The van der Waals surface area contributed by atoms with Gasteiger partial charge in [-0.05, 0) is 61.4 Å². The van der Waals surface area contributed by atoms with Crippen molar-refractivity contribution >= 4 is 22.9 Å². The molecule has 2 fully saturated rings. The Hall–Kier alpha value is -2.63. The molecule has 1 aliphatic heterocycles. The Morgan fingerprint density at radius 1 is 1.15 bits per heavy atom. The molecule has 3 amide bonds. The van der Waals surface area contributed by atoms with E-state index >= 15 is 0 Å². The molecule has 6 heteroatoms. The molecule has 1 saturated carbocycles. The first-order valence-electron chi connectivity index (χ1n) is 9.50. The third-order valence-electron chi connectivity index (χ3n) is 6.27. The van der Waals surface area contributed by atoms with Gasteiger partial charge in [0.25, 0.3) is 5.91 Å². The number of nitrogens with one attached hydrogen (secondary N) is 1. The molecule has 4 rings (SSSR count). The van der Waals surface area contributed by atoms with E-state index in [2.05, 4.69) is 5.32 Å². The lowest BCUT2D eigenvalue weighted by atomic mass is 9.73. The van der Waals surface area contributed by atoms with Crippen LogP contribution in [0.2, 0.25) is 0 Å². The number of aryl methyl sites for hydroxylation is 2. The Kier molecular flexibility index (Phi) is 4.09. The summed E-state index contributed by atoms with van der Waals surface area (Å²) in [5, 5.41) is 3.72. The second-order valence-corrected chi connectivity index (χ2v) is 7.96. The summed E-state index contributed by atoms with van der Waals surface area (Å²) >= 11 is 0. The number of fused-ring (bicyclic) bond motifs is 1. The predicted molar refractivity (Wildman–Crippen MR) is 101 cm³/mol. The highest BCUT2D eigenvalue weighted by Gasteiger charge is 2.54. The van der Waals surface area contributed by atoms with Gasteiger partial charge in [-0.15, -0.1) is 0 Å². The number of carbonyl (C=O) groups is 2. The smallest absolute Gasteiger partial charge is 0.336 e. The van der Waals surface area contributed by atoms with Crippen molar-refractivity contribution in [2.45, 2.75) is 58.5 Å². The van der Waals surface area contributed by atoms with Crippen LogP contribution >= 0.6 is 0 Å². The van der Waals surface area contributed by atoms with Gasteiger partial charge >= 0.3 is 11.7 Å². The molecule has 2 aromatic rings. The monoisotopic (exact) mass is 368 g/mol. The van der Waals surface area contributed by atoms with E-state index in [4.69, 9.17) is 4.42 Å². The number of amides is 3. The molecular weight excluding hydrogens is 344 g/mol. The minimum Gasteiger partial charge on any atom is -0.423 e. The third-order valence-corrected chi connectivity index (χ3v) is 6.27. The SMILES string of the molecule is Cc1cc2oc(=O)cc(CN3C(=O)NC4(CCCCC4C)C3=O)c2cc1C. The third kappa shape index (κ3) is 2.74. The minimum atomic E-state index is -0.795. The lowest BCUT2D eigenvalue weighted by Gasteiger charge is -2.36. The Morgan fingerprint density at radius 2 is 1.89 bits per heavy atom. The number of carbonyl (C=O) groups excluding carboxylic acids is 2. The normalized spacial score (nSPS) is 25.4. The van der Waals surface area contributed by atoms with Gasteiger partial charge in [0.15, 0.2) is 0 Å². The van der Waals surface area contributed by atoms with Crippen molar-refractivity contribution in [1.82, 2.24) is 10.2 Å². The van der Waals surface area contributed by atoms with Gasteiger partial charge in [0.1, 0.15) is 11.1 Å². The van der Waals surface area contributed by atoms with Crippen LogP contribution in [0.1, 0.15) is 49.3 Å². The second-order valence-electron chi connectivity index (χ2n) is 7.96. The van der Waals surface area contributed by atoms with Crippen LogP contribution in [0.5, 0.6) is 0 Å². The van der Waals surface area contributed by atoms with Gasteiger partial charge in [0, 0.05) is 11.5 Å². The predicted octanol–water partition coefficient (Wildman–Crippen LogP) is 3.41. The van der Waals surface area contributed by atoms with E-state index in [1.54, 1.807) is 0 Å². The number of nitrogens with zero attached hydrogens (tertiary/aromatic N) is 1. The van der Waals surface area contributed by atoms with Crippen LogP contribution in [0.4, 0.5) is 4.79 Å². The molecule has 6 nitrogen and oxygen atoms in total. The van der Waals surface area contributed by atoms with E-state index in [9.17, 15) is 14.4 Å². The molecule has 1 aromatic carbocycles. The zero-order valence-electron chi connectivity index (χ0n) is 15.9. The molecule has 1 spiro atoms. The average molecular weight is 368 g/mol. The molecule has 1 saturated heterocycles. The fourth-order valence-corrected chi connectivity index (χ4v) is 4.42. The lowest BCUT2D eigenvalue weighted by molar-refractivity contribution is -0.134. The fraction of sp³-hybridized carbons (Fsp3) is 0.476. The van der Waals surface area contributed by atoms with Crippen molar-refractivity contribution in [3.05, 3.63) is 45.3 Å².